The van der Waals surface area contributed by atoms with Crippen molar-refractivity contribution in [1.29, 1.82) is 0 Å². The highest BCUT2D eigenvalue weighted by Crippen LogP contribution is 2.32. The first kappa shape index (κ1) is 14.1. The van der Waals surface area contributed by atoms with Crippen molar-refractivity contribution in [3.8, 4) is 11.5 Å². The van der Waals surface area contributed by atoms with E-state index in [1.807, 2.05) is 44.2 Å². The van der Waals surface area contributed by atoms with E-state index in [1.165, 1.54) is 5.56 Å². The molecular weight excluding hydrogens is 302 g/mol. The lowest BCUT2D eigenvalue weighted by molar-refractivity contribution is 0.475. The second-order valence-corrected chi connectivity index (χ2v) is 5.67. The summed E-state index contributed by atoms with van der Waals surface area (Å²) < 4.78 is 6.87. The fraction of sp³-hybridized carbons (Fsp3) is 0.250. The van der Waals surface area contributed by atoms with E-state index in [4.69, 9.17) is 10.5 Å². The van der Waals surface area contributed by atoms with Gasteiger partial charge in [-0.3, -0.25) is 0 Å². The number of ether oxygens (including phenoxy) is 1. The van der Waals surface area contributed by atoms with Gasteiger partial charge in [0.05, 0.1) is 4.47 Å². The summed E-state index contributed by atoms with van der Waals surface area (Å²) in [6.07, 6.45) is 0.864. The lowest BCUT2D eigenvalue weighted by Crippen LogP contribution is -2.17. The van der Waals surface area contributed by atoms with Crippen LogP contribution in [0.25, 0.3) is 0 Å². The zero-order valence-electron chi connectivity index (χ0n) is 11.2. The van der Waals surface area contributed by atoms with Crippen molar-refractivity contribution >= 4 is 15.9 Å². The van der Waals surface area contributed by atoms with E-state index < -0.39 is 0 Å². The number of para-hydroxylation sites is 1. The molecule has 0 aliphatic rings. The molecule has 0 saturated carbocycles. The van der Waals surface area contributed by atoms with E-state index >= 15 is 0 Å². The average Bonchev–Trinajstić information content (AvgIpc) is 2.34. The molecule has 2 aromatic rings. The van der Waals surface area contributed by atoms with Gasteiger partial charge in [0, 0.05) is 6.04 Å². The highest BCUT2D eigenvalue weighted by molar-refractivity contribution is 9.10. The zero-order valence-corrected chi connectivity index (χ0v) is 12.8. The van der Waals surface area contributed by atoms with Crippen molar-refractivity contribution in [1.82, 2.24) is 0 Å². The van der Waals surface area contributed by atoms with Crippen LogP contribution in [-0.2, 0) is 6.42 Å². The van der Waals surface area contributed by atoms with Crippen LogP contribution in [0.5, 0.6) is 11.5 Å². The quantitative estimate of drug-likeness (QED) is 0.904. The molecule has 0 saturated heterocycles. The second-order valence-electron chi connectivity index (χ2n) is 4.81. The van der Waals surface area contributed by atoms with Crippen molar-refractivity contribution in [2.24, 2.45) is 5.73 Å². The molecule has 0 spiro atoms. The number of nitrogens with two attached hydrogens (primary N) is 1. The Morgan fingerprint density at radius 1 is 1.16 bits per heavy atom. The minimum absolute atomic E-state index is 0.162. The van der Waals surface area contributed by atoms with Crippen LogP contribution < -0.4 is 10.5 Å². The lowest BCUT2D eigenvalue weighted by atomic mass is 10.1. The van der Waals surface area contributed by atoms with E-state index in [9.17, 15) is 0 Å². The van der Waals surface area contributed by atoms with E-state index in [-0.39, 0.29) is 6.04 Å². The first-order valence-electron chi connectivity index (χ1n) is 6.34. The Balaban J connectivity index is 2.20. The normalized spacial score (nSPS) is 12.2. The Hall–Kier alpha value is -1.32. The molecule has 0 amide bonds. The van der Waals surface area contributed by atoms with E-state index in [1.54, 1.807) is 0 Å². The predicted molar refractivity (Wildman–Crippen MR) is 82.7 cm³/mol. The van der Waals surface area contributed by atoms with Gasteiger partial charge in [-0.25, -0.2) is 0 Å². The highest BCUT2D eigenvalue weighted by atomic mass is 79.9. The zero-order chi connectivity index (χ0) is 13.8. The maximum atomic E-state index is 5.92. The summed E-state index contributed by atoms with van der Waals surface area (Å²) in [4.78, 5) is 0. The molecule has 19 heavy (non-hydrogen) atoms. The summed E-state index contributed by atoms with van der Waals surface area (Å²) in [5.41, 5.74) is 8.14. The topological polar surface area (TPSA) is 35.2 Å². The minimum Gasteiger partial charge on any atom is -0.456 e. The molecule has 0 radical (unpaired) electrons. The number of rotatable bonds is 4. The minimum atomic E-state index is 0.162. The first-order chi connectivity index (χ1) is 9.06. The molecule has 0 aromatic heterocycles. The van der Waals surface area contributed by atoms with Crippen LogP contribution in [0.15, 0.2) is 46.9 Å². The highest BCUT2D eigenvalue weighted by Gasteiger charge is 2.07. The van der Waals surface area contributed by atoms with Crippen LogP contribution in [0.4, 0.5) is 0 Å². The summed E-state index contributed by atoms with van der Waals surface area (Å²) in [6, 6.07) is 14.2. The summed E-state index contributed by atoms with van der Waals surface area (Å²) in [5, 5.41) is 0. The predicted octanol–water partition coefficient (Wildman–Crippen LogP) is 4.44. The van der Waals surface area contributed by atoms with Gasteiger partial charge in [-0.05, 0) is 65.5 Å². The van der Waals surface area contributed by atoms with Gasteiger partial charge in [-0.2, -0.15) is 0 Å². The second kappa shape index (κ2) is 6.22. The standard InChI is InChI=1S/C16H18BrNO/c1-11-5-3-4-6-15(11)19-16-8-7-13(9-12(2)18)10-14(16)17/h3-8,10,12H,9,18H2,1-2H3. The van der Waals surface area contributed by atoms with Gasteiger partial charge in [-0.1, -0.05) is 24.3 Å². The van der Waals surface area contributed by atoms with Crippen LogP contribution in [0.3, 0.4) is 0 Å². The number of hydrogen-bond acceptors (Lipinski definition) is 2. The smallest absolute Gasteiger partial charge is 0.141 e. The molecule has 2 rings (SSSR count). The molecule has 2 N–H and O–H groups in total. The van der Waals surface area contributed by atoms with Gasteiger partial charge in [0.25, 0.3) is 0 Å². The largest absolute Gasteiger partial charge is 0.456 e. The van der Waals surface area contributed by atoms with Crippen LogP contribution in [0.1, 0.15) is 18.1 Å². The number of hydrogen-bond donors (Lipinski definition) is 1. The molecule has 0 aliphatic heterocycles. The first-order valence-corrected chi connectivity index (χ1v) is 7.13. The Labute approximate surface area is 122 Å². The third kappa shape index (κ3) is 3.82. The van der Waals surface area contributed by atoms with E-state index in [0.29, 0.717) is 0 Å². The molecule has 0 heterocycles. The third-order valence-corrected chi connectivity index (χ3v) is 3.49. The Morgan fingerprint density at radius 3 is 2.53 bits per heavy atom. The van der Waals surface area contributed by atoms with Crippen molar-refractivity contribution in [2.75, 3.05) is 0 Å². The van der Waals surface area contributed by atoms with Crippen molar-refractivity contribution < 1.29 is 4.74 Å². The van der Waals surface area contributed by atoms with Gasteiger partial charge >= 0.3 is 0 Å². The fourth-order valence-corrected chi connectivity index (χ4v) is 2.42. The fourth-order valence-electron chi connectivity index (χ4n) is 1.92. The molecule has 0 bridgehead atoms. The maximum Gasteiger partial charge on any atom is 0.141 e. The lowest BCUT2D eigenvalue weighted by Gasteiger charge is -2.12. The Kier molecular flexibility index (Phi) is 4.61. The molecule has 2 aromatic carbocycles. The molecule has 3 heteroatoms. The van der Waals surface area contributed by atoms with Crippen molar-refractivity contribution in [3.63, 3.8) is 0 Å². The number of halogens is 1. The van der Waals surface area contributed by atoms with Gasteiger partial charge in [0.15, 0.2) is 0 Å². The van der Waals surface area contributed by atoms with Crippen LogP contribution in [0, 0.1) is 6.92 Å². The van der Waals surface area contributed by atoms with Gasteiger partial charge < -0.3 is 10.5 Å². The van der Waals surface area contributed by atoms with E-state index in [2.05, 4.69) is 28.1 Å². The molecule has 2 nitrogen and oxygen atoms in total. The maximum absolute atomic E-state index is 5.92. The van der Waals surface area contributed by atoms with Gasteiger partial charge in [0.1, 0.15) is 11.5 Å². The molecule has 1 unspecified atom stereocenters. The van der Waals surface area contributed by atoms with Gasteiger partial charge in [0.2, 0.25) is 0 Å². The molecule has 0 aliphatic carbocycles. The van der Waals surface area contributed by atoms with Crippen LogP contribution in [-0.4, -0.2) is 6.04 Å². The number of benzene rings is 2. The Bertz CT molecular complexity index is 566. The van der Waals surface area contributed by atoms with E-state index in [0.717, 1.165) is 28.0 Å². The Morgan fingerprint density at radius 2 is 1.89 bits per heavy atom. The van der Waals surface area contributed by atoms with Crippen molar-refractivity contribution in [2.45, 2.75) is 26.3 Å². The molecule has 1 atom stereocenters. The SMILES string of the molecule is Cc1ccccc1Oc1ccc(CC(C)N)cc1Br. The summed E-state index contributed by atoms with van der Waals surface area (Å²) in [7, 11) is 0. The summed E-state index contributed by atoms with van der Waals surface area (Å²) >= 11 is 3.55. The monoisotopic (exact) mass is 319 g/mol. The van der Waals surface area contributed by atoms with Gasteiger partial charge in [-0.15, -0.1) is 0 Å². The molecule has 100 valence electrons. The molecule has 0 fully saturated rings. The number of aryl methyl sites for hydroxylation is 1. The van der Waals surface area contributed by atoms with Crippen LogP contribution in [0.2, 0.25) is 0 Å². The molecular formula is C16H18BrNO. The summed E-state index contributed by atoms with van der Waals surface area (Å²) in [6.45, 7) is 4.04. The van der Waals surface area contributed by atoms with Crippen LogP contribution >= 0.6 is 15.9 Å². The summed E-state index contributed by atoms with van der Waals surface area (Å²) in [5.74, 6) is 1.70. The average molecular weight is 320 g/mol. The van der Waals surface area contributed by atoms with Crippen molar-refractivity contribution in [3.05, 3.63) is 58.1 Å². The third-order valence-electron chi connectivity index (χ3n) is 2.87.